The van der Waals surface area contributed by atoms with Gasteiger partial charge in [0, 0.05) is 26.2 Å². The molecule has 3 aromatic rings. The van der Waals surface area contributed by atoms with Crippen molar-refractivity contribution in [2.24, 2.45) is 5.73 Å². The standard InChI is InChI=1S/C19H23N5/c20-11-13-23(12-10-17-4-2-1-3-5-17)14-18-6-8-19(9-7-18)24-16-21-15-22-24/h1-9,15-16H,10-14,20H2. The van der Waals surface area contributed by atoms with Crippen LogP contribution in [-0.2, 0) is 13.0 Å². The summed E-state index contributed by atoms with van der Waals surface area (Å²) in [7, 11) is 0. The summed E-state index contributed by atoms with van der Waals surface area (Å²) in [5, 5.41) is 4.15. The first-order valence-electron chi connectivity index (χ1n) is 8.25. The van der Waals surface area contributed by atoms with Crippen molar-refractivity contribution in [3.8, 4) is 5.69 Å². The summed E-state index contributed by atoms with van der Waals surface area (Å²) in [5.41, 5.74) is 9.44. The van der Waals surface area contributed by atoms with Gasteiger partial charge in [0.15, 0.2) is 0 Å². The maximum absolute atomic E-state index is 5.78. The van der Waals surface area contributed by atoms with Crippen molar-refractivity contribution in [3.63, 3.8) is 0 Å². The molecule has 1 heterocycles. The van der Waals surface area contributed by atoms with Gasteiger partial charge in [0.25, 0.3) is 0 Å². The third kappa shape index (κ3) is 4.50. The minimum atomic E-state index is 0.672. The summed E-state index contributed by atoms with van der Waals surface area (Å²) < 4.78 is 1.76. The summed E-state index contributed by atoms with van der Waals surface area (Å²) in [6.07, 6.45) is 4.29. The van der Waals surface area contributed by atoms with Gasteiger partial charge in [0.05, 0.1) is 5.69 Å². The molecule has 0 aliphatic rings. The Balaban J connectivity index is 1.60. The number of nitrogens with two attached hydrogens (primary N) is 1. The Labute approximate surface area is 142 Å². The van der Waals surface area contributed by atoms with Gasteiger partial charge >= 0.3 is 0 Å². The number of hydrogen-bond donors (Lipinski definition) is 1. The predicted molar refractivity (Wildman–Crippen MR) is 95.8 cm³/mol. The minimum Gasteiger partial charge on any atom is -0.329 e. The summed E-state index contributed by atoms with van der Waals surface area (Å²) in [5.74, 6) is 0. The van der Waals surface area contributed by atoms with Crippen molar-refractivity contribution in [2.75, 3.05) is 19.6 Å². The number of hydrogen-bond acceptors (Lipinski definition) is 4. The van der Waals surface area contributed by atoms with E-state index in [2.05, 4.69) is 69.6 Å². The summed E-state index contributed by atoms with van der Waals surface area (Å²) in [6, 6.07) is 19.0. The van der Waals surface area contributed by atoms with E-state index in [0.717, 1.165) is 31.7 Å². The Hall–Kier alpha value is -2.50. The van der Waals surface area contributed by atoms with E-state index < -0.39 is 0 Å². The van der Waals surface area contributed by atoms with Gasteiger partial charge in [-0.15, -0.1) is 0 Å². The number of rotatable bonds is 8. The molecular weight excluding hydrogens is 298 g/mol. The number of nitrogens with zero attached hydrogens (tertiary/aromatic N) is 4. The first-order chi connectivity index (χ1) is 11.8. The zero-order valence-electron chi connectivity index (χ0n) is 13.8. The van der Waals surface area contributed by atoms with Crippen molar-refractivity contribution in [1.29, 1.82) is 0 Å². The van der Waals surface area contributed by atoms with Crippen molar-refractivity contribution in [2.45, 2.75) is 13.0 Å². The second kappa shape index (κ2) is 8.38. The van der Waals surface area contributed by atoms with Crippen molar-refractivity contribution >= 4 is 0 Å². The Kier molecular flexibility index (Phi) is 5.71. The SMILES string of the molecule is NCCN(CCc1ccccc1)Cc1ccc(-n2cncn2)cc1. The maximum atomic E-state index is 5.78. The average Bonchev–Trinajstić information content (AvgIpc) is 3.16. The van der Waals surface area contributed by atoms with Crippen LogP contribution in [0.3, 0.4) is 0 Å². The topological polar surface area (TPSA) is 60.0 Å². The molecule has 0 fully saturated rings. The van der Waals surface area contributed by atoms with Crippen LogP contribution in [-0.4, -0.2) is 39.3 Å². The van der Waals surface area contributed by atoms with Gasteiger partial charge in [0.1, 0.15) is 12.7 Å². The van der Waals surface area contributed by atoms with Gasteiger partial charge < -0.3 is 5.73 Å². The Bertz CT molecular complexity index is 707. The van der Waals surface area contributed by atoms with Crippen molar-refractivity contribution in [1.82, 2.24) is 19.7 Å². The number of aromatic nitrogens is 3. The smallest absolute Gasteiger partial charge is 0.138 e. The van der Waals surface area contributed by atoms with E-state index in [0.29, 0.717) is 6.54 Å². The maximum Gasteiger partial charge on any atom is 0.138 e. The molecule has 0 amide bonds. The summed E-state index contributed by atoms with van der Waals surface area (Å²) in [6.45, 7) is 3.48. The quantitative estimate of drug-likeness (QED) is 0.691. The highest BCUT2D eigenvalue weighted by atomic mass is 15.3. The van der Waals surface area contributed by atoms with Crippen LogP contribution in [0.4, 0.5) is 0 Å². The van der Waals surface area contributed by atoms with Gasteiger partial charge in [-0.1, -0.05) is 42.5 Å². The lowest BCUT2D eigenvalue weighted by Crippen LogP contribution is -2.31. The molecule has 0 saturated carbocycles. The predicted octanol–water partition coefficient (Wildman–Crippen LogP) is 2.27. The molecule has 2 aromatic carbocycles. The molecular formula is C19H23N5. The monoisotopic (exact) mass is 321 g/mol. The molecule has 0 unspecified atom stereocenters. The fourth-order valence-electron chi connectivity index (χ4n) is 2.74. The molecule has 0 saturated heterocycles. The first-order valence-corrected chi connectivity index (χ1v) is 8.25. The first kappa shape index (κ1) is 16.4. The van der Waals surface area contributed by atoms with E-state index in [1.165, 1.54) is 11.1 Å². The lowest BCUT2D eigenvalue weighted by Gasteiger charge is -2.22. The van der Waals surface area contributed by atoms with Gasteiger partial charge in [-0.25, -0.2) is 9.67 Å². The third-order valence-electron chi connectivity index (χ3n) is 4.03. The summed E-state index contributed by atoms with van der Waals surface area (Å²) in [4.78, 5) is 6.38. The Morgan fingerprint density at radius 3 is 2.38 bits per heavy atom. The average molecular weight is 321 g/mol. The van der Waals surface area contributed by atoms with E-state index in [1.54, 1.807) is 17.3 Å². The molecule has 0 radical (unpaired) electrons. The third-order valence-corrected chi connectivity index (χ3v) is 4.03. The highest BCUT2D eigenvalue weighted by Gasteiger charge is 2.06. The molecule has 124 valence electrons. The van der Waals surface area contributed by atoms with E-state index in [-0.39, 0.29) is 0 Å². The fourth-order valence-corrected chi connectivity index (χ4v) is 2.74. The van der Waals surface area contributed by atoms with Crippen LogP contribution in [0.5, 0.6) is 0 Å². The van der Waals surface area contributed by atoms with Crippen molar-refractivity contribution < 1.29 is 0 Å². The molecule has 2 N–H and O–H groups in total. The fraction of sp³-hybridized carbons (Fsp3) is 0.263. The van der Waals surface area contributed by atoms with Crippen LogP contribution in [0, 0.1) is 0 Å². The molecule has 0 bridgehead atoms. The second-order valence-electron chi connectivity index (χ2n) is 5.81. The van der Waals surface area contributed by atoms with E-state index >= 15 is 0 Å². The zero-order valence-corrected chi connectivity index (χ0v) is 13.8. The molecule has 1 aromatic heterocycles. The molecule has 0 aliphatic heterocycles. The molecule has 0 atom stereocenters. The van der Waals surface area contributed by atoms with Crippen LogP contribution in [0.1, 0.15) is 11.1 Å². The van der Waals surface area contributed by atoms with E-state index in [1.807, 2.05) is 0 Å². The molecule has 3 rings (SSSR count). The van der Waals surface area contributed by atoms with Crippen LogP contribution in [0.15, 0.2) is 67.3 Å². The van der Waals surface area contributed by atoms with Gasteiger partial charge in [-0.05, 0) is 29.7 Å². The Morgan fingerprint density at radius 2 is 1.71 bits per heavy atom. The second-order valence-corrected chi connectivity index (χ2v) is 5.81. The molecule has 5 nitrogen and oxygen atoms in total. The van der Waals surface area contributed by atoms with E-state index in [9.17, 15) is 0 Å². The Morgan fingerprint density at radius 1 is 0.917 bits per heavy atom. The minimum absolute atomic E-state index is 0.672. The highest BCUT2D eigenvalue weighted by molar-refractivity contribution is 5.33. The molecule has 24 heavy (non-hydrogen) atoms. The van der Waals surface area contributed by atoms with Gasteiger partial charge in [-0.2, -0.15) is 5.10 Å². The highest BCUT2D eigenvalue weighted by Crippen LogP contribution is 2.11. The van der Waals surface area contributed by atoms with Gasteiger partial charge in [-0.3, -0.25) is 4.90 Å². The normalized spacial score (nSPS) is 11.1. The van der Waals surface area contributed by atoms with Crippen LogP contribution >= 0.6 is 0 Å². The lowest BCUT2D eigenvalue weighted by atomic mass is 10.1. The van der Waals surface area contributed by atoms with Gasteiger partial charge in [0.2, 0.25) is 0 Å². The zero-order chi connectivity index (χ0) is 16.6. The number of benzene rings is 2. The van der Waals surface area contributed by atoms with Crippen LogP contribution < -0.4 is 5.73 Å². The lowest BCUT2D eigenvalue weighted by molar-refractivity contribution is 0.276. The molecule has 0 aliphatic carbocycles. The van der Waals surface area contributed by atoms with Crippen molar-refractivity contribution in [3.05, 3.63) is 78.4 Å². The molecule has 0 spiro atoms. The summed E-state index contributed by atoms with van der Waals surface area (Å²) >= 11 is 0. The molecule has 5 heteroatoms. The largest absolute Gasteiger partial charge is 0.329 e. The van der Waals surface area contributed by atoms with Crippen LogP contribution in [0.25, 0.3) is 5.69 Å². The van der Waals surface area contributed by atoms with E-state index in [4.69, 9.17) is 5.73 Å². The van der Waals surface area contributed by atoms with Crippen LogP contribution in [0.2, 0.25) is 0 Å².